The highest BCUT2D eigenvalue weighted by molar-refractivity contribution is 5.55. The van der Waals surface area contributed by atoms with Gasteiger partial charge in [-0.3, -0.25) is 4.90 Å². The smallest absolute Gasteiger partial charge is 0.126 e. The summed E-state index contributed by atoms with van der Waals surface area (Å²) in [6, 6.07) is 12.9. The molecule has 128 valence electrons. The summed E-state index contributed by atoms with van der Waals surface area (Å²) in [7, 11) is 4.16. The molecule has 0 atom stereocenters. The second-order valence-corrected chi connectivity index (χ2v) is 6.58. The molecule has 3 rings (SSSR count). The SMILES string of the molecule is CN(C)CCNc1cc2c(cn1)NCCN(Cc1ccccc1)C2. The fourth-order valence-electron chi connectivity index (χ4n) is 2.94. The lowest BCUT2D eigenvalue weighted by Crippen LogP contribution is -2.25. The van der Waals surface area contributed by atoms with Gasteiger partial charge < -0.3 is 15.5 Å². The van der Waals surface area contributed by atoms with Crippen LogP contribution >= 0.6 is 0 Å². The van der Waals surface area contributed by atoms with Crippen molar-refractivity contribution >= 4 is 11.5 Å². The molecule has 0 amide bonds. The lowest BCUT2D eigenvalue weighted by Gasteiger charge is -2.20. The first-order valence-electron chi connectivity index (χ1n) is 8.58. The molecule has 2 heterocycles. The Hall–Kier alpha value is -2.11. The quantitative estimate of drug-likeness (QED) is 0.854. The van der Waals surface area contributed by atoms with E-state index in [0.29, 0.717) is 0 Å². The molecule has 5 nitrogen and oxygen atoms in total. The summed E-state index contributed by atoms with van der Waals surface area (Å²) in [6.45, 7) is 5.81. The highest BCUT2D eigenvalue weighted by Gasteiger charge is 2.15. The van der Waals surface area contributed by atoms with Crippen molar-refractivity contribution in [2.45, 2.75) is 13.1 Å². The third kappa shape index (κ3) is 4.69. The number of fused-ring (bicyclic) bond motifs is 1. The molecule has 0 saturated heterocycles. The Morgan fingerprint density at radius 1 is 1.25 bits per heavy atom. The minimum Gasteiger partial charge on any atom is -0.382 e. The molecule has 0 saturated carbocycles. The van der Waals surface area contributed by atoms with Gasteiger partial charge in [-0.15, -0.1) is 0 Å². The van der Waals surface area contributed by atoms with Crippen LogP contribution in [0.1, 0.15) is 11.1 Å². The standard InChI is InChI=1S/C19H27N5/c1-23(2)10-8-21-19-12-17-15-24(11-9-20-18(17)13-22-19)14-16-6-4-3-5-7-16/h3-7,12-13,20H,8-11,14-15H2,1-2H3,(H,21,22). The fourth-order valence-corrected chi connectivity index (χ4v) is 2.94. The summed E-state index contributed by atoms with van der Waals surface area (Å²) in [5.74, 6) is 0.957. The Kier molecular flexibility index (Phi) is 5.67. The van der Waals surface area contributed by atoms with Crippen LogP contribution in [0.15, 0.2) is 42.6 Å². The number of benzene rings is 1. The molecule has 1 aliphatic heterocycles. The molecule has 24 heavy (non-hydrogen) atoms. The van der Waals surface area contributed by atoms with Gasteiger partial charge in [-0.1, -0.05) is 30.3 Å². The van der Waals surface area contributed by atoms with Crippen molar-refractivity contribution in [1.82, 2.24) is 14.8 Å². The number of pyridine rings is 1. The molecule has 0 radical (unpaired) electrons. The first-order chi connectivity index (χ1) is 11.7. The first kappa shape index (κ1) is 16.7. The number of hydrogen-bond donors (Lipinski definition) is 2. The summed E-state index contributed by atoms with van der Waals surface area (Å²) in [6.07, 6.45) is 1.96. The molecule has 2 N–H and O–H groups in total. The number of rotatable bonds is 6. The van der Waals surface area contributed by atoms with Gasteiger partial charge in [0.05, 0.1) is 11.9 Å². The number of likely N-dealkylation sites (N-methyl/N-ethyl adjacent to an activating group) is 1. The molecule has 0 spiro atoms. The second-order valence-electron chi connectivity index (χ2n) is 6.58. The largest absolute Gasteiger partial charge is 0.382 e. The maximum absolute atomic E-state index is 4.53. The normalized spacial score (nSPS) is 14.8. The van der Waals surface area contributed by atoms with Gasteiger partial charge in [-0.2, -0.15) is 0 Å². The van der Waals surface area contributed by atoms with E-state index in [1.165, 1.54) is 11.1 Å². The highest BCUT2D eigenvalue weighted by atomic mass is 15.2. The minimum absolute atomic E-state index is 0.903. The number of hydrogen-bond acceptors (Lipinski definition) is 5. The van der Waals surface area contributed by atoms with E-state index in [4.69, 9.17) is 0 Å². The zero-order valence-corrected chi connectivity index (χ0v) is 14.6. The van der Waals surface area contributed by atoms with Crippen LogP contribution < -0.4 is 10.6 Å². The van der Waals surface area contributed by atoms with E-state index in [0.717, 1.165) is 50.8 Å². The number of anilines is 2. The van der Waals surface area contributed by atoms with E-state index in [1.54, 1.807) is 0 Å². The van der Waals surface area contributed by atoms with Crippen LogP contribution in [0.2, 0.25) is 0 Å². The lowest BCUT2D eigenvalue weighted by atomic mass is 10.2. The van der Waals surface area contributed by atoms with E-state index < -0.39 is 0 Å². The Balaban J connectivity index is 1.66. The molecule has 1 aromatic carbocycles. The van der Waals surface area contributed by atoms with Crippen molar-refractivity contribution in [3.8, 4) is 0 Å². The van der Waals surface area contributed by atoms with Crippen LogP contribution in [0, 0.1) is 0 Å². The van der Waals surface area contributed by atoms with Crippen LogP contribution in [0.25, 0.3) is 0 Å². The molecule has 0 aliphatic carbocycles. The number of aromatic nitrogens is 1. The van der Waals surface area contributed by atoms with E-state index in [9.17, 15) is 0 Å². The van der Waals surface area contributed by atoms with E-state index >= 15 is 0 Å². The average molecular weight is 325 g/mol. The van der Waals surface area contributed by atoms with Gasteiger partial charge in [-0.05, 0) is 31.3 Å². The Morgan fingerprint density at radius 2 is 2.08 bits per heavy atom. The van der Waals surface area contributed by atoms with Crippen LogP contribution in [0.3, 0.4) is 0 Å². The van der Waals surface area contributed by atoms with Gasteiger partial charge in [-0.25, -0.2) is 4.98 Å². The molecule has 0 fully saturated rings. The van der Waals surface area contributed by atoms with Crippen LogP contribution in [-0.4, -0.2) is 55.1 Å². The van der Waals surface area contributed by atoms with Crippen LogP contribution in [-0.2, 0) is 13.1 Å². The van der Waals surface area contributed by atoms with Gasteiger partial charge in [0, 0.05) is 39.3 Å². The topological polar surface area (TPSA) is 43.4 Å². The molecule has 0 unspecified atom stereocenters. The monoisotopic (exact) mass is 325 g/mol. The maximum atomic E-state index is 4.53. The number of nitrogens with zero attached hydrogens (tertiary/aromatic N) is 3. The maximum Gasteiger partial charge on any atom is 0.126 e. The van der Waals surface area contributed by atoms with Crippen LogP contribution in [0.4, 0.5) is 11.5 Å². The summed E-state index contributed by atoms with van der Waals surface area (Å²) in [4.78, 5) is 9.18. The third-order valence-corrected chi connectivity index (χ3v) is 4.24. The highest BCUT2D eigenvalue weighted by Crippen LogP contribution is 2.23. The fraction of sp³-hybridized carbons (Fsp3) is 0.421. The minimum atomic E-state index is 0.903. The zero-order chi connectivity index (χ0) is 16.8. The molecule has 0 bridgehead atoms. The van der Waals surface area contributed by atoms with E-state index in [-0.39, 0.29) is 0 Å². The van der Waals surface area contributed by atoms with Crippen molar-refractivity contribution in [2.75, 3.05) is 50.9 Å². The molecular weight excluding hydrogens is 298 g/mol. The van der Waals surface area contributed by atoms with E-state index in [2.05, 4.69) is 75.9 Å². The first-order valence-corrected chi connectivity index (χ1v) is 8.58. The Morgan fingerprint density at radius 3 is 2.88 bits per heavy atom. The zero-order valence-electron chi connectivity index (χ0n) is 14.6. The Labute approximate surface area is 144 Å². The van der Waals surface area contributed by atoms with Gasteiger partial charge >= 0.3 is 0 Å². The van der Waals surface area contributed by atoms with Crippen molar-refractivity contribution in [3.05, 3.63) is 53.7 Å². The van der Waals surface area contributed by atoms with Crippen molar-refractivity contribution in [3.63, 3.8) is 0 Å². The summed E-state index contributed by atoms with van der Waals surface area (Å²) in [5, 5.41) is 6.91. The van der Waals surface area contributed by atoms with Gasteiger partial charge in [0.2, 0.25) is 0 Å². The van der Waals surface area contributed by atoms with E-state index in [1.807, 2.05) is 6.20 Å². The molecule has 2 aromatic rings. The van der Waals surface area contributed by atoms with Crippen molar-refractivity contribution < 1.29 is 0 Å². The summed E-state index contributed by atoms with van der Waals surface area (Å²) in [5.41, 5.74) is 3.83. The molecule has 5 heteroatoms. The molecule has 1 aliphatic rings. The average Bonchev–Trinajstić information content (AvgIpc) is 2.76. The third-order valence-electron chi connectivity index (χ3n) is 4.24. The van der Waals surface area contributed by atoms with Crippen LogP contribution in [0.5, 0.6) is 0 Å². The predicted molar refractivity (Wildman–Crippen MR) is 100 cm³/mol. The van der Waals surface area contributed by atoms with Gasteiger partial charge in [0.1, 0.15) is 5.82 Å². The lowest BCUT2D eigenvalue weighted by molar-refractivity contribution is 0.272. The Bertz CT molecular complexity index is 641. The molecular formula is C19H27N5. The van der Waals surface area contributed by atoms with Gasteiger partial charge in [0.15, 0.2) is 0 Å². The summed E-state index contributed by atoms with van der Waals surface area (Å²) < 4.78 is 0. The van der Waals surface area contributed by atoms with Crippen molar-refractivity contribution in [1.29, 1.82) is 0 Å². The van der Waals surface area contributed by atoms with Crippen molar-refractivity contribution in [2.24, 2.45) is 0 Å². The molecule has 1 aromatic heterocycles. The predicted octanol–water partition coefficient (Wildman–Crippen LogP) is 2.48. The van der Waals surface area contributed by atoms with Gasteiger partial charge in [0.25, 0.3) is 0 Å². The number of nitrogens with one attached hydrogen (secondary N) is 2. The second kappa shape index (κ2) is 8.13. The summed E-state index contributed by atoms with van der Waals surface area (Å²) >= 11 is 0.